The van der Waals surface area contributed by atoms with E-state index in [0.29, 0.717) is 12.8 Å². The van der Waals surface area contributed by atoms with Gasteiger partial charge >= 0.3 is 11.9 Å². The minimum atomic E-state index is -0.786. The van der Waals surface area contributed by atoms with Crippen LogP contribution in [0.25, 0.3) is 0 Å². The van der Waals surface area contributed by atoms with Gasteiger partial charge in [-0.2, -0.15) is 0 Å². The molecule has 1 N–H and O–H groups in total. The van der Waals surface area contributed by atoms with Crippen LogP contribution in [-0.2, 0) is 19.1 Å². The monoisotopic (exact) mass is 861 g/mol. The van der Waals surface area contributed by atoms with Crippen LogP contribution in [0.5, 0.6) is 0 Å². The summed E-state index contributed by atoms with van der Waals surface area (Å²) in [6.45, 7) is 3.90. The Morgan fingerprint density at radius 1 is 0.371 bits per heavy atom. The minimum absolute atomic E-state index is 0.0815. The van der Waals surface area contributed by atoms with Crippen LogP contribution in [0.15, 0.2) is 97.2 Å². The van der Waals surface area contributed by atoms with Gasteiger partial charge in [-0.3, -0.25) is 9.59 Å². The first-order valence-electron chi connectivity index (χ1n) is 25.8. The fourth-order valence-electron chi connectivity index (χ4n) is 7.07. The molecular formula is C57H96O5. The van der Waals surface area contributed by atoms with Gasteiger partial charge in [0.25, 0.3) is 0 Å². The third-order valence-electron chi connectivity index (χ3n) is 10.9. The fraction of sp³-hybridized carbons (Fsp3) is 0.684. The molecular weight excluding hydrogens is 765 g/mol. The molecule has 0 bridgehead atoms. The Bertz CT molecular complexity index is 1200. The van der Waals surface area contributed by atoms with Gasteiger partial charge in [0.1, 0.15) is 6.61 Å². The number of unbranched alkanes of at least 4 members (excludes halogenated alkanes) is 22. The summed E-state index contributed by atoms with van der Waals surface area (Å²) in [6, 6.07) is 0. The molecule has 0 radical (unpaired) electrons. The van der Waals surface area contributed by atoms with Gasteiger partial charge in [-0.25, -0.2) is 0 Å². The summed E-state index contributed by atoms with van der Waals surface area (Å²) < 4.78 is 10.7. The number of allylic oxidation sites excluding steroid dienone is 16. The minimum Gasteiger partial charge on any atom is -0.462 e. The van der Waals surface area contributed by atoms with Crippen LogP contribution in [-0.4, -0.2) is 36.4 Å². The summed E-state index contributed by atoms with van der Waals surface area (Å²) in [5.74, 6) is -0.618. The van der Waals surface area contributed by atoms with Crippen molar-refractivity contribution in [2.24, 2.45) is 0 Å². The molecule has 0 aromatic heterocycles. The first-order chi connectivity index (χ1) is 30.6. The highest BCUT2D eigenvalue weighted by molar-refractivity contribution is 5.70. The topological polar surface area (TPSA) is 72.8 Å². The van der Waals surface area contributed by atoms with E-state index in [-0.39, 0.29) is 25.2 Å². The van der Waals surface area contributed by atoms with Crippen LogP contribution in [0.3, 0.4) is 0 Å². The van der Waals surface area contributed by atoms with Crippen molar-refractivity contribution in [3.05, 3.63) is 97.2 Å². The zero-order valence-corrected chi connectivity index (χ0v) is 40.4. The number of ether oxygens (including phenoxy) is 2. The summed E-state index contributed by atoms with van der Waals surface area (Å²) in [5, 5.41) is 9.62. The molecule has 0 heterocycles. The number of hydrogen-bond donors (Lipinski definition) is 1. The number of esters is 2. The molecule has 0 saturated carbocycles. The van der Waals surface area contributed by atoms with Crippen molar-refractivity contribution in [3.8, 4) is 0 Å². The number of hydrogen-bond acceptors (Lipinski definition) is 5. The molecule has 5 nitrogen and oxygen atoms in total. The van der Waals surface area contributed by atoms with Crippen molar-refractivity contribution in [3.63, 3.8) is 0 Å². The van der Waals surface area contributed by atoms with Gasteiger partial charge < -0.3 is 14.6 Å². The summed E-state index contributed by atoms with van der Waals surface area (Å²) in [5.41, 5.74) is 0. The molecule has 0 aromatic rings. The maximum Gasteiger partial charge on any atom is 0.306 e. The lowest BCUT2D eigenvalue weighted by Crippen LogP contribution is -2.28. The molecule has 0 aliphatic rings. The summed E-state index contributed by atoms with van der Waals surface area (Å²) in [6.07, 6.45) is 73.7. The van der Waals surface area contributed by atoms with Crippen molar-refractivity contribution in [1.82, 2.24) is 0 Å². The highest BCUT2D eigenvalue weighted by Crippen LogP contribution is 2.16. The molecule has 1 unspecified atom stereocenters. The molecule has 0 rings (SSSR count). The molecule has 0 spiro atoms. The van der Waals surface area contributed by atoms with Crippen molar-refractivity contribution in [2.75, 3.05) is 13.2 Å². The van der Waals surface area contributed by atoms with Crippen molar-refractivity contribution >= 4 is 11.9 Å². The molecule has 354 valence electrons. The van der Waals surface area contributed by atoms with Crippen molar-refractivity contribution in [2.45, 2.75) is 238 Å². The zero-order chi connectivity index (χ0) is 44.9. The van der Waals surface area contributed by atoms with Crippen LogP contribution in [0.2, 0.25) is 0 Å². The van der Waals surface area contributed by atoms with Gasteiger partial charge in [-0.05, 0) is 89.9 Å². The quantitative estimate of drug-likeness (QED) is 0.0375. The second-order valence-corrected chi connectivity index (χ2v) is 16.8. The fourth-order valence-corrected chi connectivity index (χ4v) is 7.07. The van der Waals surface area contributed by atoms with E-state index in [9.17, 15) is 14.7 Å². The Balaban J connectivity index is 3.50. The largest absolute Gasteiger partial charge is 0.462 e. The maximum atomic E-state index is 12.3. The highest BCUT2D eigenvalue weighted by Gasteiger charge is 2.16. The van der Waals surface area contributed by atoms with E-state index >= 15 is 0 Å². The third-order valence-corrected chi connectivity index (χ3v) is 10.9. The molecule has 0 aliphatic carbocycles. The predicted molar refractivity (Wildman–Crippen MR) is 269 cm³/mol. The van der Waals surface area contributed by atoms with E-state index in [1.807, 2.05) is 0 Å². The second-order valence-electron chi connectivity index (χ2n) is 16.8. The van der Waals surface area contributed by atoms with E-state index in [1.54, 1.807) is 0 Å². The number of rotatable bonds is 46. The summed E-state index contributed by atoms with van der Waals surface area (Å²) >= 11 is 0. The first-order valence-corrected chi connectivity index (χ1v) is 25.8. The van der Waals surface area contributed by atoms with Gasteiger partial charge in [-0.15, -0.1) is 0 Å². The van der Waals surface area contributed by atoms with Crippen LogP contribution in [0.1, 0.15) is 232 Å². The highest BCUT2D eigenvalue weighted by atomic mass is 16.6. The smallest absolute Gasteiger partial charge is 0.306 e. The molecule has 5 heteroatoms. The second kappa shape index (κ2) is 52.2. The van der Waals surface area contributed by atoms with E-state index < -0.39 is 6.10 Å². The van der Waals surface area contributed by atoms with Gasteiger partial charge in [0.05, 0.1) is 6.61 Å². The Labute approximate surface area is 383 Å². The lowest BCUT2D eigenvalue weighted by molar-refractivity contribution is -0.161. The number of carbonyl (C=O) groups excluding carboxylic acids is 2. The Morgan fingerprint density at radius 3 is 0.968 bits per heavy atom. The standard InChI is InChI=1S/C57H96O5/c1-3-5-7-9-11-13-15-17-19-21-22-23-24-25-26-27-28-29-30-31-32-33-34-36-38-40-42-44-46-48-50-52-57(60)62-55(53-58)54-61-56(59)51-49-47-45-43-41-39-37-35-20-18-16-14-12-10-8-6-4-2/h5-8,11-14,17-20,22-23,37,39,55,58H,3-4,9-10,15-16,21,24-36,38,40-54H2,1-2H3/b7-5-,8-6-,13-11-,14-12-,19-17-,20-18-,23-22-,39-37-. The van der Waals surface area contributed by atoms with Gasteiger partial charge in [0.2, 0.25) is 0 Å². The van der Waals surface area contributed by atoms with Crippen LogP contribution in [0.4, 0.5) is 0 Å². The van der Waals surface area contributed by atoms with Gasteiger partial charge in [0.15, 0.2) is 6.10 Å². The zero-order valence-electron chi connectivity index (χ0n) is 40.4. The Morgan fingerprint density at radius 2 is 0.645 bits per heavy atom. The predicted octanol–water partition coefficient (Wildman–Crippen LogP) is 17.2. The average molecular weight is 861 g/mol. The van der Waals surface area contributed by atoms with E-state index in [2.05, 4.69) is 111 Å². The average Bonchev–Trinajstić information content (AvgIpc) is 3.28. The van der Waals surface area contributed by atoms with Crippen molar-refractivity contribution in [1.29, 1.82) is 0 Å². The summed E-state index contributed by atoms with van der Waals surface area (Å²) in [7, 11) is 0. The molecule has 0 aromatic carbocycles. The van der Waals surface area contributed by atoms with Gasteiger partial charge in [0, 0.05) is 12.8 Å². The lowest BCUT2D eigenvalue weighted by atomic mass is 10.0. The summed E-state index contributed by atoms with van der Waals surface area (Å²) in [4.78, 5) is 24.4. The normalized spacial score (nSPS) is 13.0. The first kappa shape index (κ1) is 58.8. The van der Waals surface area contributed by atoms with E-state index in [0.717, 1.165) is 103 Å². The Hall–Kier alpha value is -3.18. The molecule has 62 heavy (non-hydrogen) atoms. The lowest BCUT2D eigenvalue weighted by Gasteiger charge is -2.15. The maximum absolute atomic E-state index is 12.3. The van der Waals surface area contributed by atoms with Crippen LogP contribution in [0, 0.1) is 0 Å². The third kappa shape index (κ3) is 49.5. The van der Waals surface area contributed by atoms with Crippen LogP contribution >= 0.6 is 0 Å². The van der Waals surface area contributed by atoms with E-state index in [1.165, 1.54) is 103 Å². The van der Waals surface area contributed by atoms with Crippen LogP contribution < -0.4 is 0 Å². The SMILES string of the molecule is CC/C=C\C/C=C\C/C=C\C/C=C\CCCCCCCCCCCCCCCCCCCCC(=O)OC(CO)COC(=O)CCCCCC/C=C\C/C=C\C/C=C\C/C=C\CC. The Kier molecular flexibility index (Phi) is 49.5. The number of aliphatic hydroxyl groups excluding tert-OH is 1. The molecule has 0 aliphatic heterocycles. The molecule has 0 fully saturated rings. The van der Waals surface area contributed by atoms with Gasteiger partial charge in [-0.1, -0.05) is 227 Å². The number of carbonyl (C=O) groups is 2. The van der Waals surface area contributed by atoms with Crippen molar-refractivity contribution < 1.29 is 24.2 Å². The van der Waals surface area contributed by atoms with E-state index in [4.69, 9.17) is 9.47 Å². The molecule has 0 saturated heterocycles. The number of aliphatic hydroxyl groups is 1. The molecule has 0 amide bonds. The molecule has 1 atom stereocenters.